The van der Waals surface area contributed by atoms with Gasteiger partial charge in [-0.25, -0.2) is 0 Å². The molecule has 2 nitrogen and oxygen atoms in total. The van der Waals surface area contributed by atoms with Crippen LogP contribution in [-0.4, -0.2) is 19.3 Å². The van der Waals surface area contributed by atoms with Gasteiger partial charge < -0.3 is 10.5 Å². The van der Waals surface area contributed by atoms with Crippen molar-refractivity contribution in [2.24, 2.45) is 17.1 Å². The zero-order valence-electron chi connectivity index (χ0n) is 10.6. The van der Waals surface area contributed by atoms with Crippen molar-refractivity contribution >= 4 is 0 Å². The van der Waals surface area contributed by atoms with Gasteiger partial charge in [0.15, 0.2) is 0 Å². The number of nitrogens with two attached hydrogens (primary N) is 1. The molecule has 0 amide bonds. The molecule has 15 heavy (non-hydrogen) atoms. The van der Waals surface area contributed by atoms with Gasteiger partial charge in [-0.3, -0.25) is 0 Å². The van der Waals surface area contributed by atoms with Gasteiger partial charge in [0.1, 0.15) is 0 Å². The van der Waals surface area contributed by atoms with E-state index in [1.54, 1.807) is 0 Å². The van der Waals surface area contributed by atoms with E-state index in [0.717, 1.165) is 25.5 Å². The lowest BCUT2D eigenvalue weighted by atomic mass is 9.88. The molecule has 0 aliphatic heterocycles. The lowest BCUT2D eigenvalue weighted by Crippen LogP contribution is -2.27. The maximum absolute atomic E-state index is 5.94. The summed E-state index contributed by atoms with van der Waals surface area (Å²) in [5, 5.41) is 0. The fourth-order valence-electron chi connectivity index (χ4n) is 2.13. The molecular formula is C13H27NO. The minimum absolute atomic E-state index is 0.236. The second-order valence-electron chi connectivity index (χ2n) is 5.88. The molecule has 0 bridgehead atoms. The van der Waals surface area contributed by atoms with E-state index in [4.69, 9.17) is 10.5 Å². The average Bonchev–Trinajstić information content (AvgIpc) is 2.18. The third-order valence-electron chi connectivity index (χ3n) is 3.57. The van der Waals surface area contributed by atoms with E-state index in [0.29, 0.717) is 6.10 Å². The second-order valence-corrected chi connectivity index (χ2v) is 5.88. The molecule has 2 unspecified atom stereocenters. The highest BCUT2D eigenvalue weighted by molar-refractivity contribution is 4.72. The maximum Gasteiger partial charge on any atom is 0.0577 e. The highest BCUT2D eigenvalue weighted by Crippen LogP contribution is 2.26. The Kier molecular flexibility index (Phi) is 5.07. The average molecular weight is 213 g/mol. The molecule has 0 aromatic heterocycles. The highest BCUT2D eigenvalue weighted by Gasteiger charge is 2.21. The van der Waals surface area contributed by atoms with Crippen molar-refractivity contribution in [3.8, 4) is 0 Å². The minimum Gasteiger partial charge on any atom is -0.378 e. The van der Waals surface area contributed by atoms with Crippen LogP contribution in [0.2, 0.25) is 0 Å². The van der Waals surface area contributed by atoms with Crippen LogP contribution in [0.25, 0.3) is 0 Å². The number of rotatable bonds is 5. The van der Waals surface area contributed by atoms with Crippen LogP contribution in [0, 0.1) is 11.3 Å². The van der Waals surface area contributed by atoms with Crippen LogP contribution < -0.4 is 5.73 Å². The van der Waals surface area contributed by atoms with E-state index in [1.807, 2.05) is 0 Å². The lowest BCUT2D eigenvalue weighted by molar-refractivity contribution is 0.00368. The van der Waals surface area contributed by atoms with Gasteiger partial charge in [-0.15, -0.1) is 0 Å². The molecule has 1 fully saturated rings. The van der Waals surface area contributed by atoms with Crippen molar-refractivity contribution in [3.63, 3.8) is 0 Å². The molecule has 0 radical (unpaired) electrons. The quantitative estimate of drug-likeness (QED) is 0.762. The number of hydrogen-bond donors (Lipinski definition) is 1. The minimum atomic E-state index is 0.236. The summed E-state index contributed by atoms with van der Waals surface area (Å²) in [6.07, 6.45) is 6.83. The Balaban J connectivity index is 2.14. The van der Waals surface area contributed by atoms with Crippen molar-refractivity contribution in [2.75, 3.05) is 13.2 Å². The summed E-state index contributed by atoms with van der Waals surface area (Å²) < 4.78 is 5.94. The number of hydrogen-bond acceptors (Lipinski definition) is 2. The Morgan fingerprint density at radius 1 is 1.33 bits per heavy atom. The van der Waals surface area contributed by atoms with E-state index in [9.17, 15) is 0 Å². The first kappa shape index (κ1) is 13.0. The first-order chi connectivity index (χ1) is 7.03. The van der Waals surface area contributed by atoms with Gasteiger partial charge in [0.2, 0.25) is 0 Å². The van der Waals surface area contributed by atoms with Crippen molar-refractivity contribution in [1.82, 2.24) is 0 Å². The van der Waals surface area contributed by atoms with Crippen molar-refractivity contribution in [2.45, 2.75) is 59.0 Å². The second kappa shape index (κ2) is 5.86. The lowest BCUT2D eigenvalue weighted by Gasteiger charge is -2.28. The Hall–Kier alpha value is -0.0800. The molecule has 1 aliphatic rings. The molecule has 0 aromatic carbocycles. The van der Waals surface area contributed by atoms with Gasteiger partial charge in [0.25, 0.3) is 0 Å². The SMILES string of the molecule is CC1CCCC(OCCC(C)(C)CN)C1. The van der Waals surface area contributed by atoms with Crippen LogP contribution in [0.15, 0.2) is 0 Å². The van der Waals surface area contributed by atoms with Gasteiger partial charge >= 0.3 is 0 Å². The molecule has 2 N–H and O–H groups in total. The van der Waals surface area contributed by atoms with E-state index >= 15 is 0 Å². The Morgan fingerprint density at radius 3 is 2.67 bits per heavy atom. The third kappa shape index (κ3) is 4.98. The van der Waals surface area contributed by atoms with Crippen LogP contribution in [0.4, 0.5) is 0 Å². The van der Waals surface area contributed by atoms with Crippen LogP contribution in [-0.2, 0) is 4.74 Å². The first-order valence-corrected chi connectivity index (χ1v) is 6.35. The third-order valence-corrected chi connectivity index (χ3v) is 3.57. The standard InChI is InChI=1S/C13H27NO/c1-11-5-4-6-12(9-11)15-8-7-13(2,3)10-14/h11-12H,4-10,14H2,1-3H3. The smallest absolute Gasteiger partial charge is 0.0577 e. The van der Waals surface area contributed by atoms with Crippen LogP contribution in [0.3, 0.4) is 0 Å². The van der Waals surface area contributed by atoms with Gasteiger partial charge in [0, 0.05) is 6.61 Å². The summed E-state index contributed by atoms with van der Waals surface area (Å²) in [5.74, 6) is 0.853. The summed E-state index contributed by atoms with van der Waals surface area (Å²) >= 11 is 0. The van der Waals surface area contributed by atoms with Crippen LogP contribution in [0.1, 0.15) is 52.9 Å². The molecule has 90 valence electrons. The zero-order valence-corrected chi connectivity index (χ0v) is 10.6. The number of ether oxygens (including phenoxy) is 1. The van der Waals surface area contributed by atoms with Crippen molar-refractivity contribution < 1.29 is 4.74 Å². The summed E-state index contributed by atoms with van der Waals surface area (Å²) in [5.41, 5.74) is 5.93. The maximum atomic E-state index is 5.94. The summed E-state index contributed by atoms with van der Waals surface area (Å²) in [6.45, 7) is 8.37. The topological polar surface area (TPSA) is 35.2 Å². The normalized spacial score (nSPS) is 28.0. The Bertz CT molecular complexity index is 179. The highest BCUT2D eigenvalue weighted by atomic mass is 16.5. The molecule has 0 aromatic rings. The molecule has 0 saturated heterocycles. The Morgan fingerprint density at radius 2 is 2.07 bits per heavy atom. The van der Waals surface area contributed by atoms with E-state index in [1.165, 1.54) is 25.7 Å². The molecule has 0 spiro atoms. The first-order valence-electron chi connectivity index (χ1n) is 6.35. The molecule has 1 saturated carbocycles. The van der Waals surface area contributed by atoms with E-state index < -0.39 is 0 Å². The molecule has 1 rings (SSSR count). The molecule has 2 heteroatoms. The van der Waals surface area contributed by atoms with Crippen LogP contribution >= 0.6 is 0 Å². The van der Waals surface area contributed by atoms with Crippen LogP contribution in [0.5, 0.6) is 0 Å². The fraction of sp³-hybridized carbons (Fsp3) is 1.00. The molecule has 1 aliphatic carbocycles. The summed E-state index contributed by atoms with van der Waals surface area (Å²) in [6, 6.07) is 0. The fourth-order valence-corrected chi connectivity index (χ4v) is 2.13. The predicted octanol–water partition coefficient (Wildman–Crippen LogP) is 2.96. The molecule has 2 atom stereocenters. The summed E-state index contributed by atoms with van der Waals surface area (Å²) in [4.78, 5) is 0. The largest absolute Gasteiger partial charge is 0.378 e. The molecule has 0 heterocycles. The summed E-state index contributed by atoms with van der Waals surface area (Å²) in [7, 11) is 0. The van der Waals surface area contributed by atoms with Gasteiger partial charge in [-0.2, -0.15) is 0 Å². The monoisotopic (exact) mass is 213 g/mol. The molecular weight excluding hydrogens is 186 g/mol. The predicted molar refractivity (Wildman–Crippen MR) is 64.8 cm³/mol. The Labute approximate surface area is 94.6 Å². The van der Waals surface area contributed by atoms with Crippen molar-refractivity contribution in [1.29, 1.82) is 0 Å². The zero-order chi connectivity index (χ0) is 11.3. The van der Waals surface area contributed by atoms with Gasteiger partial charge in [-0.1, -0.05) is 33.6 Å². The van der Waals surface area contributed by atoms with E-state index in [2.05, 4.69) is 20.8 Å². The van der Waals surface area contributed by atoms with E-state index in [-0.39, 0.29) is 5.41 Å². The van der Waals surface area contributed by atoms with Gasteiger partial charge in [0.05, 0.1) is 6.10 Å². The van der Waals surface area contributed by atoms with Crippen molar-refractivity contribution in [3.05, 3.63) is 0 Å². The van der Waals surface area contributed by atoms with Gasteiger partial charge in [-0.05, 0) is 37.1 Å².